The van der Waals surface area contributed by atoms with Gasteiger partial charge < -0.3 is 14.7 Å². The molecule has 4 nitrogen and oxygen atoms in total. The van der Waals surface area contributed by atoms with Crippen LogP contribution in [0.5, 0.6) is 5.75 Å². The smallest absolute Gasteiger partial charge is 0.287 e. The quantitative estimate of drug-likeness (QED) is 0.873. The van der Waals surface area contributed by atoms with E-state index < -0.39 is 9.58 Å². The monoisotopic (exact) mass is 309 g/mol. The van der Waals surface area contributed by atoms with Gasteiger partial charge in [-0.3, -0.25) is 0 Å². The zero-order valence-electron chi connectivity index (χ0n) is 9.15. The summed E-state index contributed by atoms with van der Waals surface area (Å²) in [5.41, 5.74) is 0.465. The normalized spacial score (nSPS) is 23.4. The summed E-state index contributed by atoms with van der Waals surface area (Å²) in [7, 11) is 0. The molecule has 0 spiro atoms. The molecule has 0 radical (unpaired) electrons. The molecule has 1 aromatic carbocycles. The first-order chi connectivity index (χ1) is 8.41. The van der Waals surface area contributed by atoms with Crippen molar-refractivity contribution in [1.29, 1.82) is 0 Å². The number of nitrogens with zero attached hydrogens (tertiary/aromatic N) is 1. The molecule has 1 heterocycles. The lowest BCUT2D eigenvalue weighted by atomic mass is 10.1. The highest BCUT2D eigenvalue weighted by Crippen LogP contribution is 2.43. The Bertz CT molecular complexity index is 447. The number of hydrogen-bond acceptors (Lipinski definition) is 4. The van der Waals surface area contributed by atoms with Gasteiger partial charge in [-0.25, -0.2) is 0 Å². The van der Waals surface area contributed by atoms with Crippen molar-refractivity contribution in [2.45, 2.75) is 16.0 Å². The number of para-hydroxylation sites is 1. The first-order valence-corrected chi connectivity index (χ1v) is 6.25. The Balaban J connectivity index is 1.91. The molecule has 18 heavy (non-hydrogen) atoms. The van der Waals surface area contributed by atoms with Gasteiger partial charge in [-0.1, -0.05) is 58.2 Å². The minimum Gasteiger partial charge on any atom is -0.488 e. The lowest BCUT2D eigenvalue weighted by Crippen LogP contribution is -2.43. The van der Waals surface area contributed by atoms with Crippen molar-refractivity contribution in [1.82, 2.24) is 0 Å². The maximum atomic E-state index is 9.91. The van der Waals surface area contributed by atoms with Crippen LogP contribution in [-0.2, 0) is 4.84 Å². The zero-order chi connectivity index (χ0) is 13.2. The van der Waals surface area contributed by atoms with Crippen LogP contribution in [0.25, 0.3) is 0 Å². The molecule has 2 rings (SSSR count). The van der Waals surface area contributed by atoms with Gasteiger partial charge >= 0.3 is 0 Å². The fourth-order valence-electron chi connectivity index (χ4n) is 1.39. The molecule has 1 N–H and O–H groups in total. The zero-order valence-corrected chi connectivity index (χ0v) is 11.4. The molecule has 0 saturated heterocycles. The van der Waals surface area contributed by atoms with Gasteiger partial charge in [0.25, 0.3) is 9.58 Å². The number of alkyl halides is 3. The van der Waals surface area contributed by atoms with Gasteiger partial charge in [-0.2, -0.15) is 0 Å². The molecule has 0 bridgehead atoms. The molecule has 0 aromatic heterocycles. The molecule has 1 aliphatic rings. The Labute approximate surface area is 119 Å². The molecular formula is C11H10Cl3NO3. The number of oxime groups is 1. The molecule has 0 saturated carbocycles. The van der Waals surface area contributed by atoms with E-state index in [9.17, 15) is 5.11 Å². The van der Waals surface area contributed by atoms with Gasteiger partial charge in [-0.15, -0.1) is 0 Å². The number of hydrogen-bond donors (Lipinski definition) is 1. The van der Waals surface area contributed by atoms with Crippen molar-refractivity contribution in [3.8, 4) is 5.75 Å². The molecule has 7 heteroatoms. The third kappa shape index (κ3) is 3.01. The van der Waals surface area contributed by atoms with E-state index in [-0.39, 0.29) is 13.0 Å². The average molecular weight is 311 g/mol. The summed E-state index contributed by atoms with van der Waals surface area (Å²) < 4.78 is 3.48. The van der Waals surface area contributed by atoms with E-state index in [0.717, 1.165) is 0 Å². The molecule has 0 amide bonds. The number of benzene rings is 1. The van der Waals surface area contributed by atoms with E-state index in [4.69, 9.17) is 44.4 Å². The van der Waals surface area contributed by atoms with Crippen LogP contribution in [0, 0.1) is 0 Å². The number of aliphatic hydroxyl groups is 1. The molecular weight excluding hydrogens is 300 g/mol. The Hall–Kier alpha value is -0.680. The summed E-state index contributed by atoms with van der Waals surface area (Å²) in [6.07, 6.45) is -0.0175. The van der Waals surface area contributed by atoms with Gasteiger partial charge in [0.05, 0.1) is 6.42 Å². The molecule has 98 valence electrons. The minimum atomic E-state index is -1.97. The van der Waals surface area contributed by atoms with Gasteiger partial charge in [0.1, 0.15) is 18.1 Å². The van der Waals surface area contributed by atoms with Crippen LogP contribution in [0.1, 0.15) is 6.42 Å². The highest BCUT2D eigenvalue weighted by molar-refractivity contribution is 6.68. The molecule has 1 unspecified atom stereocenters. The van der Waals surface area contributed by atoms with E-state index in [1.165, 1.54) is 0 Å². The van der Waals surface area contributed by atoms with Crippen LogP contribution in [0.3, 0.4) is 0 Å². The Kier molecular flexibility index (Phi) is 3.92. The summed E-state index contributed by atoms with van der Waals surface area (Å²) >= 11 is 16.8. The highest BCUT2D eigenvalue weighted by Gasteiger charge is 2.54. The summed E-state index contributed by atoms with van der Waals surface area (Å²) in [6, 6.07) is 9.18. The Morgan fingerprint density at radius 2 is 2.00 bits per heavy atom. The van der Waals surface area contributed by atoms with Crippen molar-refractivity contribution in [3.05, 3.63) is 30.3 Å². The molecule has 0 aliphatic carbocycles. The summed E-state index contributed by atoms with van der Waals surface area (Å²) in [4.78, 5) is 4.77. The molecule has 1 aliphatic heterocycles. The van der Waals surface area contributed by atoms with E-state index in [0.29, 0.717) is 11.5 Å². The van der Waals surface area contributed by atoms with Gasteiger partial charge in [0.2, 0.25) is 0 Å². The van der Waals surface area contributed by atoms with Crippen LogP contribution in [-0.4, -0.2) is 27.0 Å². The van der Waals surface area contributed by atoms with Gasteiger partial charge in [0, 0.05) is 0 Å². The van der Waals surface area contributed by atoms with Crippen molar-refractivity contribution in [2.24, 2.45) is 5.16 Å². The maximum Gasteiger partial charge on any atom is 0.287 e. The first-order valence-electron chi connectivity index (χ1n) is 5.12. The molecule has 1 atom stereocenters. The van der Waals surface area contributed by atoms with Gasteiger partial charge in [-0.05, 0) is 12.1 Å². The largest absolute Gasteiger partial charge is 0.488 e. The number of halogens is 3. The second-order valence-corrected chi connectivity index (χ2v) is 6.09. The fraction of sp³-hybridized carbons (Fsp3) is 0.364. The second kappa shape index (κ2) is 5.13. The third-order valence-corrected chi connectivity index (χ3v) is 3.25. The summed E-state index contributed by atoms with van der Waals surface area (Å²) in [5, 5.41) is 13.6. The maximum absolute atomic E-state index is 9.91. The molecule has 1 aromatic rings. The Morgan fingerprint density at radius 1 is 1.33 bits per heavy atom. The van der Waals surface area contributed by atoms with Crippen molar-refractivity contribution >= 4 is 40.5 Å². The van der Waals surface area contributed by atoms with Crippen molar-refractivity contribution < 1.29 is 14.7 Å². The predicted octanol–water partition coefficient (Wildman–Crippen LogP) is 2.90. The third-order valence-electron chi connectivity index (χ3n) is 2.36. The number of rotatable bonds is 3. The predicted molar refractivity (Wildman–Crippen MR) is 70.3 cm³/mol. The fourth-order valence-corrected chi connectivity index (χ4v) is 1.70. The Morgan fingerprint density at radius 3 is 2.56 bits per heavy atom. The van der Waals surface area contributed by atoms with Crippen molar-refractivity contribution in [2.75, 3.05) is 6.61 Å². The van der Waals surface area contributed by atoms with Crippen LogP contribution in [0.4, 0.5) is 0 Å². The van der Waals surface area contributed by atoms with Crippen LogP contribution < -0.4 is 4.74 Å². The first kappa shape index (κ1) is 13.7. The van der Waals surface area contributed by atoms with Crippen LogP contribution in [0.2, 0.25) is 0 Å². The standard InChI is InChI=1S/C11H10Cl3NO3/c12-11(13,14)10(16)6-8(15-18-10)7-17-9-4-2-1-3-5-9/h1-5,16H,6-7H2. The van der Waals surface area contributed by atoms with E-state index in [2.05, 4.69) is 5.16 Å². The van der Waals surface area contributed by atoms with Crippen LogP contribution in [0.15, 0.2) is 35.5 Å². The van der Waals surface area contributed by atoms with Crippen molar-refractivity contribution in [3.63, 3.8) is 0 Å². The van der Waals surface area contributed by atoms with Gasteiger partial charge in [0.15, 0.2) is 0 Å². The highest BCUT2D eigenvalue weighted by atomic mass is 35.6. The average Bonchev–Trinajstić information content (AvgIpc) is 2.71. The SMILES string of the molecule is OC1(C(Cl)(Cl)Cl)CC(COc2ccccc2)=NO1. The lowest BCUT2D eigenvalue weighted by Gasteiger charge is -2.26. The number of ether oxygens (including phenoxy) is 1. The minimum absolute atomic E-state index is 0.0175. The van der Waals surface area contributed by atoms with Crippen LogP contribution >= 0.6 is 34.8 Å². The topological polar surface area (TPSA) is 51.0 Å². The summed E-state index contributed by atoms with van der Waals surface area (Å²) in [5.74, 6) is -1.25. The summed E-state index contributed by atoms with van der Waals surface area (Å²) in [6.45, 7) is 0.160. The lowest BCUT2D eigenvalue weighted by molar-refractivity contribution is -0.181. The molecule has 0 fully saturated rings. The second-order valence-electron chi connectivity index (χ2n) is 3.81. The van der Waals surface area contributed by atoms with E-state index >= 15 is 0 Å². The van der Waals surface area contributed by atoms with E-state index in [1.807, 2.05) is 18.2 Å². The van der Waals surface area contributed by atoms with E-state index in [1.54, 1.807) is 12.1 Å².